The number of amides is 1. The van der Waals surface area contributed by atoms with E-state index in [1.165, 1.54) is 5.56 Å². The molecule has 0 bridgehead atoms. The number of hydrogen-bond donors (Lipinski definition) is 1. The average molecular weight is 252 g/mol. The Morgan fingerprint density at radius 2 is 2.41 bits per heavy atom. The van der Waals surface area contributed by atoms with E-state index in [0.717, 1.165) is 30.7 Å². The van der Waals surface area contributed by atoms with Crippen molar-refractivity contribution in [1.29, 1.82) is 0 Å². The molecular formula is C13H20N2OS. The summed E-state index contributed by atoms with van der Waals surface area (Å²) in [6.07, 6.45) is 2.76. The van der Waals surface area contributed by atoms with Gasteiger partial charge in [0.2, 0.25) is 0 Å². The topological polar surface area (TPSA) is 46.3 Å². The summed E-state index contributed by atoms with van der Waals surface area (Å²) < 4.78 is 0. The molecule has 2 N–H and O–H groups in total. The summed E-state index contributed by atoms with van der Waals surface area (Å²) in [5.41, 5.74) is 7.10. The standard InChI is InChI=1S/C13H20N2OS/c1-3-10-5-7-17-12(10)13(16)15-6-4-11(14)8-9(15)2/h5,7,9,11H,3-4,6,8,14H2,1-2H3. The summed E-state index contributed by atoms with van der Waals surface area (Å²) in [6, 6.07) is 2.57. The summed E-state index contributed by atoms with van der Waals surface area (Å²) in [6.45, 7) is 4.98. The highest BCUT2D eigenvalue weighted by molar-refractivity contribution is 7.12. The lowest BCUT2D eigenvalue weighted by Crippen LogP contribution is -2.48. The molecule has 0 saturated carbocycles. The van der Waals surface area contributed by atoms with E-state index in [4.69, 9.17) is 5.73 Å². The zero-order valence-electron chi connectivity index (χ0n) is 10.5. The van der Waals surface area contributed by atoms with Crippen molar-refractivity contribution in [3.8, 4) is 0 Å². The number of carbonyl (C=O) groups excluding carboxylic acids is 1. The van der Waals surface area contributed by atoms with Crippen molar-refractivity contribution >= 4 is 17.2 Å². The molecule has 2 unspecified atom stereocenters. The zero-order valence-corrected chi connectivity index (χ0v) is 11.3. The molecule has 1 amide bonds. The van der Waals surface area contributed by atoms with E-state index in [0.29, 0.717) is 0 Å². The molecule has 2 rings (SSSR count). The van der Waals surface area contributed by atoms with E-state index in [1.807, 2.05) is 10.3 Å². The Bertz CT molecular complexity index is 402. The van der Waals surface area contributed by atoms with Crippen molar-refractivity contribution in [1.82, 2.24) is 4.90 Å². The van der Waals surface area contributed by atoms with Crippen LogP contribution < -0.4 is 5.73 Å². The Kier molecular flexibility index (Phi) is 3.84. The Morgan fingerprint density at radius 3 is 3.06 bits per heavy atom. The Balaban J connectivity index is 2.15. The van der Waals surface area contributed by atoms with Crippen molar-refractivity contribution in [2.75, 3.05) is 6.54 Å². The van der Waals surface area contributed by atoms with E-state index in [-0.39, 0.29) is 18.0 Å². The molecule has 0 aliphatic carbocycles. The lowest BCUT2D eigenvalue weighted by molar-refractivity contribution is 0.0623. The fourth-order valence-electron chi connectivity index (χ4n) is 2.44. The maximum atomic E-state index is 12.5. The van der Waals surface area contributed by atoms with Crippen molar-refractivity contribution in [3.05, 3.63) is 21.9 Å². The fraction of sp³-hybridized carbons (Fsp3) is 0.615. The molecule has 1 fully saturated rings. The third-order valence-corrected chi connectivity index (χ3v) is 4.44. The molecule has 4 heteroatoms. The van der Waals surface area contributed by atoms with Gasteiger partial charge in [-0.3, -0.25) is 4.79 Å². The number of nitrogens with two attached hydrogens (primary N) is 1. The molecule has 17 heavy (non-hydrogen) atoms. The number of hydrogen-bond acceptors (Lipinski definition) is 3. The quantitative estimate of drug-likeness (QED) is 0.877. The van der Waals surface area contributed by atoms with Gasteiger partial charge in [-0.05, 0) is 43.2 Å². The van der Waals surface area contributed by atoms with Crippen LogP contribution in [-0.2, 0) is 6.42 Å². The Hall–Kier alpha value is -0.870. The van der Waals surface area contributed by atoms with Gasteiger partial charge in [-0.25, -0.2) is 0 Å². The van der Waals surface area contributed by atoms with E-state index in [9.17, 15) is 4.79 Å². The molecule has 2 atom stereocenters. The number of rotatable bonds is 2. The molecule has 1 aliphatic heterocycles. The third kappa shape index (κ3) is 2.53. The van der Waals surface area contributed by atoms with Gasteiger partial charge in [-0.15, -0.1) is 11.3 Å². The van der Waals surface area contributed by atoms with Gasteiger partial charge in [0.1, 0.15) is 0 Å². The van der Waals surface area contributed by atoms with Gasteiger partial charge in [0, 0.05) is 18.6 Å². The van der Waals surface area contributed by atoms with Crippen LogP contribution >= 0.6 is 11.3 Å². The minimum atomic E-state index is 0.191. The predicted octanol–water partition coefficient (Wildman–Crippen LogP) is 2.26. The van der Waals surface area contributed by atoms with Gasteiger partial charge in [-0.2, -0.15) is 0 Å². The molecule has 3 nitrogen and oxygen atoms in total. The second-order valence-electron chi connectivity index (χ2n) is 4.76. The molecule has 0 aromatic carbocycles. The largest absolute Gasteiger partial charge is 0.335 e. The first-order valence-corrected chi connectivity index (χ1v) is 7.14. The number of nitrogens with zero attached hydrogens (tertiary/aromatic N) is 1. The summed E-state index contributed by atoms with van der Waals surface area (Å²) >= 11 is 1.56. The van der Waals surface area contributed by atoms with Gasteiger partial charge in [0.15, 0.2) is 0 Å². The first kappa shape index (κ1) is 12.6. The molecule has 94 valence electrons. The van der Waals surface area contributed by atoms with E-state index < -0.39 is 0 Å². The van der Waals surface area contributed by atoms with Crippen LogP contribution in [0.3, 0.4) is 0 Å². The molecule has 2 heterocycles. The van der Waals surface area contributed by atoms with Crippen LogP contribution in [0.5, 0.6) is 0 Å². The number of thiophene rings is 1. The molecular weight excluding hydrogens is 232 g/mol. The Labute approximate surface area is 107 Å². The maximum absolute atomic E-state index is 12.5. The van der Waals surface area contributed by atoms with Gasteiger partial charge in [-0.1, -0.05) is 6.92 Å². The van der Waals surface area contributed by atoms with E-state index in [2.05, 4.69) is 19.9 Å². The van der Waals surface area contributed by atoms with Gasteiger partial charge in [0.05, 0.1) is 4.88 Å². The molecule has 1 aromatic rings. The summed E-state index contributed by atoms with van der Waals surface area (Å²) in [7, 11) is 0. The molecule has 0 spiro atoms. The summed E-state index contributed by atoms with van der Waals surface area (Å²) in [5.74, 6) is 0.191. The van der Waals surface area contributed by atoms with E-state index in [1.54, 1.807) is 11.3 Å². The highest BCUT2D eigenvalue weighted by Crippen LogP contribution is 2.24. The first-order valence-electron chi connectivity index (χ1n) is 6.26. The van der Waals surface area contributed by atoms with Crippen molar-refractivity contribution in [2.45, 2.75) is 45.2 Å². The van der Waals surface area contributed by atoms with Crippen molar-refractivity contribution in [3.63, 3.8) is 0 Å². The van der Waals surface area contributed by atoms with Gasteiger partial charge in [0.25, 0.3) is 5.91 Å². The molecule has 0 radical (unpaired) electrons. The lowest BCUT2D eigenvalue weighted by atomic mass is 9.98. The highest BCUT2D eigenvalue weighted by atomic mass is 32.1. The maximum Gasteiger partial charge on any atom is 0.264 e. The zero-order chi connectivity index (χ0) is 12.4. The number of piperidine rings is 1. The van der Waals surface area contributed by atoms with Crippen LogP contribution in [0.2, 0.25) is 0 Å². The van der Waals surface area contributed by atoms with Crippen LogP contribution in [0.4, 0.5) is 0 Å². The SMILES string of the molecule is CCc1ccsc1C(=O)N1CCC(N)CC1C. The second-order valence-corrected chi connectivity index (χ2v) is 5.68. The number of aryl methyl sites for hydroxylation is 1. The molecule has 1 saturated heterocycles. The Morgan fingerprint density at radius 1 is 1.65 bits per heavy atom. The summed E-state index contributed by atoms with van der Waals surface area (Å²) in [4.78, 5) is 15.3. The highest BCUT2D eigenvalue weighted by Gasteiger charge is 2.29. The first-order chi connectivity index (χ1) is 8.13. The number of likely N-dealkylation sites (tertiary alicyclic amines) is 1. The van der Waals surface area contributed by atoms with Crippen LogP contribution in [0, 0.1) is 0 Å². The average Bonchev–Trinajstić information content (AvgIpc) is 2.76. The summed E-state index contributed by atoms with van der Waals surface area (Å²) in [5, 5.41) is 2.01. The van der Waals surface area contributed by atoms with Crippen LogP contribution in [0.1, 0.15) is 41.9 Å². The van der Waals surface area contributed by atoms with Crippen molar-refractivity contribution in [2.24, 2.45) is 5.73 Å². The van der Waals surface area contributed by atoms with Crippen molar-refractivity contribution < 1.29 is 4.79 Å². The minimum absolute atomic E-state index is 0.191. The smallest absolute Gasteiger partial charge is 0.264 e. The normalized spacial score (nSPS) is 25.0. The molecule has 1 aromatic heterocycles. The van der Waals surface area contributed by atoms with Gasteiger partial charge >= 0.3 is 0 Å². The van der Waals surface area contributed by atoms with E-state index >= 15 is 0 Å². The van der Waals surface area contributed by atoms with Crippen LogP contribution in [-0.4, -0.2) is 29.4 Å². The monoisotopic (exact) mass is 252 g/mol. The van der Waals surface area contributed by atoms with Crippen LogP contribution in [0.25, 0.3) is 0 Å². The van der Waals surface area contributed by atoms with Gasteiger partial charge < -0.3 is 10.6 Å². The molecule has 1 aliphatic rings. The fourth-order valence-corrected chi connectivity index (χ4v) is 3.39. The lowest BCUT2D eigenvalue weighted by Gasteiger charge is -2.36. The van der Waals surface area contributed by atoms with Crippen LogP contribution in [0.15, 0.2) is 11.4 Å². The minimum Gasteiger partial charge on any atom is -0.335 e. The predicted molar refractivity (Wildman–Crippen MR) is 71.4 cm³/mol. The third-order valence-electron chi connectivity index (χ3n) is 3.50. The number of carbonyl (C=O) groups is 1. The second kappa shape index (κ2) is 5.19.